The molecule has 0 amide bonds. The van der Waals surface area contributed by atoms with E-state index in [0.717, 1.165) is 21.4 Å². The molecule has 1 N–H and O–H groups in total. The summed E-state index contributed by atoms with van der Waals surface area (Å²) in [5, 5.41) is 9.64. The summed E-state index contributed by atoms with van der Waals surface area (Å²) in [6, 6.07) is 14.4. The molecule has 0 aromatic heterocycles. The molecular formula is C16H18BrNO. The number of aliphatic hydroxyl groups is 1. The van der Waals surface area contributed by atoms with Gasteiger partial charge >= 0.3 is 0 Å². The fourth-order valence-corrected chi connectivity index (χ4v) is 2.75. The number of aliphatic hydroxyl groups excluding tert-OH is 1. The molecule has 0 heterocycles. The van der Waals surface area contributed by atoms with Crippen LogP contribution in [-0.2, 0) is 0 Å². The summed E-state index contributed by atoms with van der Waals surface area (Å²) in [5.41, 5.74) is 4.38. The van der Waals surface area contributed by atoms with E-state index in [1.54, 1.807) is 6.92 Å². The monoisotopic (exact) mass is 319 g/mol. The number of hydrogen-bond acceptors (Lipinski definition) is 2. The molecule has 0 aliphatic rings. The summed E-state index contributed by atoms with van der Waals surface area (Å²) < 4.78 is 0.930. The van der Waals surface area contributed by atoms with Crippen molar-refractivity contribution in [3.8, 4) is 0 Å². The Kier molecular flexibility index (Phi) is 4.27. The quantitative estimate of drug-likeness (QED) is 0.895. The molecule has 0 spiro atoms. The first-order valence-electron chi connectivity index (χ1n) is 6.27. The van der Waals surface area contributed by atoms with Crippen LogP contribution in [0.5, 0.6) is 0 Å². The topological polar surface area (TPSA) is 23.5 Å². The van der Waals surface area contributed by atoms with Crippen molar-refractivity contribution in [2.75, 3.05) is 11.9 Å². The van der Waals surface area contributed by atoms with Crippen LogP contribution in [-0.4, -0.2) is 12.2 Å². The summed E-state index contributed by atoms with van der Waals surface area (Å²) in [7, 11) is 2.04. The van der Waals surface area contributed by atoms with E-state index in [4.69, 9.17) is 0 Å². The minimum Gasteiger partial charge on any atom is -0.389 e. The van der Waals surface area contributed by atoms with Crippen LogP contribution in [0.3, 0.4) is 0 Å². The van der Waals surface area contributed by atoms with E-state index >= 15 is 0 Å². The maximum atomic E-state index is 9.64. The van der Waals surface area contributed by atoms with Gasteiger partial charge in [-0.2, -0.15) is 0 Å². The molecule has 3 heteroatoms. The van der Waals surface area contributed by atoms with Gasteiger partial charge in [-0.1, -0.05) is 34.1 Å². The van der Waals surface area contributed by atoms with E-state index in [2.05, 4.69) is 52.0 Å². The van der Waals surface area contributed by atoms with Crippen LogP contribution in [0.15, 0.2) is 46.9 Å². The van der Waals surface area contributed by atoms with Gasteiger partial charge < -0.3 is 10.0 Å². The highest BCUT2D eigenvalue weighted by Gasteiger charge is 2.09. The van der Waals surface area contributed by atoms with Crippen LogP contribution in [0, 0.1) is 6.92 Å². The average molecular weight is 320 g/mol. The summed E-state index contributed by atoms with van der Waals surface area (Å²) in [6.07, 6.45) is -0.465. The van der Waals surface area contributed by atoms with Gasteiger partial charge in [0.25, 0.3) is 0 Å². The Balaban J connectivity index is 2.34. The zero-order chi connectivity index (χ0) is 14.0. The Morgan fingerprint density at radius 2 is 1.79 bits per heavy atom. The Morgan fingerprint density at radius 3 is 2.37 bits per heavy atom. The molecule has 2 nitrogen and oxygen atoms in total. The highest BCUT2D eigenvalue weighted by molar-refractivity contribution is 9.10. The number of anilines is 2. The predicted molar refractivity (Wildman–Crippen MR) is 84.0 cm³/mol. The predicted octanol–water partition coefficient (Wildman–Crippen LogP) is 4.58. The second-order valence-corrected chi connectivity index (χ2v) is 5.63. The van der Waals surface area contributed by atoms with E-state index in [0.29, 0.717) is 0 Å². The van der Waals surface area contributed by atoms with Gasteiger partial charge in [0.15, 0.2) is 0 Å². The SMILES string of the molecule is Cc1cccc(N(C)c2ccc([C@@H](C)O)c(Br)c2)c1. The molecule has 0 radical (unpaired) electrons. The van der Waals surface area contributed by atoms with Gasteiger partial charge in [0.2, 0.25) is 0 Å². The molecule has 19 heavy (non-hydrogen) atoms. The lowest BCUT2D eigenvalue weighted by molar-refractivity contribution is 0.198. The van der Waals surface area contributed by atoms with E-state index in [9.17, 15) is 5.11 Å². The molecular weight excluding hydrogens is 302 g/mol. The second kappa shape index (κ2) is 5.76. The van der Waals surface area contributed by atoms with Crippen molar-refractivity contribution in [3.63, 3.8) is 0 Å². The summed E-state index contributed by atoms with van der Waals surface area (Å²) in [4.78, 5) is 2.13. The third-order valence-corrected chi connectivity index (χ3v) is 3.90. The van der Waals surface area contributed by atoms with Crippen molar-refractivity contribution in [3.05, 3.63) is 58.1 Å². The van der Waals surface area contributed by atoms with Crippen LogP contribution >= 0.6 is 15.9 Å². The van der Waals surface area contributed by atoms with Crippen LogP contribution < -0.4 is 4.90 Å². The Hall–Kier alpha value is -1.32. The van der Waals surface area contributed by atoms with Crippen molar-refractivity contribution in [2.24, 2.45) is 0 Å². The first-order chi connectivity index (χ1) is 8.99. The lowest BCUT2D eigenvalue weighted by atomic mass is 10.1. The fourth-order valence-electron chi connectivity index (χ4n) is 2.05. The van der Waals surface area contributed by atoms with Gasteiger partial charge in [-0.15, -0.1) is 0 Å². The molecule has 2 aromatic rings. The number of aryl methyl sites for hydroxylation is 1. The molecule has 0 bridgehead atoms. The zero-order valence-electron chi connectivity index (χ0n) is 11.4. The number of hydrogen-bond donors (Lipinski definition) is 1. The Morgan fingerprint density at radius 1 is 1.11 bits per heavy atom. The summed E-state index contributed by atoms with van der Waals surface area (Å²) in [6.45, 7) is 3.85. The average Bonchev–Trinajstić information content (AvgIpc) is 2.37. The lowest BCUT2D eigenvalue weighted by Gasteiger charge is -2.21. The normalized spacial score (nSPS) is 12.3. The van der Waals surface area contributed by atoms with E-state index < -0.39 is 6.10 Å². The minimum absolute atomic E-state index is 0.465. The highest BCUT2D eigenvalue weighted by Crippen LogP contribution is 2.31. The Labute approximate surface area is 122 Å². The first-order valence-corrected chi connectivity index (χ1v) is 7.06. The standard InChI is InChI=1S/C16H18BrNO/c1-11-5-4-6-13(9-11)18(3)14-7-8-15(12(2)19)16(17)10-14/h4-10,12,19H,1-3H3/t12-/m1/s1. The first kappa shape index (κ1) is 14.1. The van der Waals surface area contributed by atoms with E-state index in [-0.39, 0.29) is 0 Å². The van der Waals surface area contributed by atoms with Crippen LogP contribution in [0.25, 0.3) is 0 Å². The summed E-state index contributed by atoms with van der Waals surface area (Å²) in [5.74, 6) is 0. The van der Waals surface area contributed by atoms with Crippen LogP contribution in [0.1, 0.15) is 24.2 Å². The smallest absolute Gasteiger partial charge is 0.0772 e. The van der Waals surface area contributed by atoms with Crippen LogP contribution in [0.4, 0.5) is 11.4 Å². The molecule has 0 aliphatic carbocycles. The fraction of sp³-hybridized carbons (Fsp3) is 0.250. The van der Waals surface area contributed by atoms with Crippen molar-refractivity contribution >= 4 is 27.3 Å². The number of halogens is 1. The molecule has 0 fully saturated rings. The Bertz CT molecular complexity index is 581. The van der Waals surface area contributed by atoms with Crippen molar-refractivity contribution < 1.29 is 5.11 Å². The molecule has 0 aliphatic heterocycles. The maximum absolute atomic E-state index is 9.64. The van der Waals surface area contributed by atoms with Crippen LogP contribution in [0.2, 0.25) is 0 Å². The summed E-state index contributed by atoms with van der Waals surface area (Å²) >= 11 is 3.52. The lowest BCUT2D eigenvalue weighted by Crippen LogP contribution is -2.09. The van der Waals surface area contributed by atoms with Gasteiger partial charge in [-0.25, -0.2) is 0 Å². The van der Waals surface area contributed by atoms with Gasteiger partial charge in [-0.3, -0.25) is 0 Å². The molecule has 1 atom stereocenters. The number of benzene rings is 2. The van der Waals surface area contributed by atoms with E-state index in [1.807, 2.05) is 25.2 Å². The molecule has 2 rings (SSSR count). The van der Waals surface area contributed by atoms with Crippen molar-refractivity contribution in [1.29, 1.82) is 0 Å². The largest absolute Gasteiger partial charge is 0.389 e. The number of rotatable bonds is 3. The molecule has 100 valence electrons. The minimum atomic E-state index is -0.465. The molecule has 0 saturated heterocycles. The van der Waals surface area contributed by atoms with Gasteiger partial charge in [0.05, 0.1) is 6.10 Å². The van der Waals surface area contributed by atoms with Gasteiger partial charge in [-0.05, 0) is 49.2 Å². The van der Waals surface area contributed by atoms with E-state index in [1.165, 1.54) is 5.56 Å². The number of nitrogens with zero attached hydrogens (tertiary/aromatic N) is 1. The highest BCUT2D eigenvalue weighted by atomic mass is 79.9. The third-order valence-electron chi connectivity index (χ3n) is 3.21. The van der Waals surface area contributed by atoms with Crippen molar-refractivity contribution in [2.45, 2.75) is 20.0 Å². The van der Waals surface area contributed by atoms with Gasteiger partial charge in [0, 0.05) is 22.9 Å². The molecule has 2 aromatic carbocycles. The second-order valence-electron chi connectivity index (χ2n) is 4.78. The molecule has 0 unspecified atom stereocenters. The zero-order valence-corrected chi connectivity index (χ0v) is 13.0. The third kappa shape index (κ3) is 3.17. The van der Waals surface area contributed by atoms with Gasteiger partial charge in [0.1, 0.15) is 0 Å². The maximum Gasteiger partial charge on any atom is 0.0772 e. The molecule has 0 saturated carbocycles. The van der Waals surface area contributed by atoms with Crippen molar-refractivity contribution in [1.82, 2.24) is 0 Å².